The van der Waals surface area contributed by atoms with Crippen molar-refractivity contribution in [2.75, 3.05) is 17.3 Å². The lowest BCUT2D eigenvalue weighted by Gasteiger charge is -2.17. The van der Waals surface area contributed by atoms with Crippen molar-refractivity contribution in [2.24, 2.45) is 0 Å². The van der Waals surface area contributed by atoms with E-state index in [-0.39, 0.29) is 21.8 Å². The molecule has 1 amide bonds. The third-order valence-corrected chi connectivity index (χ3v) is 6.55. The summed E-state index contributed by atoms with van der Waals surface area (Å²) in [7, 11) is -3.32. The molecule has 0 bridgehead atoms. The van der Waals surface area contributed by atoms with Gasteiger partial charge in [0.15, 0.2) is 9.84 Å². The van der Waals surface area contributed by atoms with Gasteiger partial charge < -0.3 is 5.32 Å². The standard InChI is InChI=1S/C22H21NO3S2/c1-28(25,26)20-14-8-13-19(15-20)23-21(24)16-27-22(17-9-4-2-5-10-17)18-11-6-3-7-12-18/h2-15,22H,16H2,1H3,(H,23,24). The first-order valence-corrected chi connectivity index (χ1v) is 11.7. The Morgan fingerprint density at radius 1 is 0.893 bits per heavy atom. The summed E-state index contributed by atoms with van der Waals surface area (Å²) in [5.74, 6) is 0.0740. The highest BCUT2D eigenvalue weighted by molar-refractivity contribution is 8.00. The quantitative estimate of drug-likeness (QED) is 0.619. The van der Waals surface area contributed by atoms with Crippen LogP contribution < -0.4 is 5.32 Å². The normalized spacial score (nSPS) is 11.4. The van der Waals surface area contributed by atoms with Crippen molar-refractivity contribution in [3.63, 3.8) is 0 Å². The van der Waals surface area contributed by atoms with Crippen LogP contribution in [0.5, 0.6) is 0 Å². The second kappa shape index (κ2) is 9.08. The number of hydrogen-bond donors (Lipinski definition) is 1. The molecular weight excluding hydrogens is 390 g/mol. The van der Waals surface area contributed by atoms with Crippen LogP contribution >= 0.6 is 11.8 Å². The largest absolute Gasteiger partial charge is 0.325 e. The molecule has 6 heteroatoms. The van der Waals surface area contributed by atoms with Gasteiger partial charge in [-0.05, 0) is 29.3 Å². The minimum Gasteiger partial charge on any atom is -0.325 e. The lowest BCUT2D eigenvalue weighted by atomic mass is 10.0. The van der Waals surface area contributed by atoms with Crippen molar-refractivity contribution in [1.29, 1.82) is 0 Å². The van der Waals surface area contributed by atoms with Gasteiger partial charge in [-0.2, -0.15) is 0 Å². The van der Waals surface area contributed by atoms with Crippen molar-refractivity contribution in [1.82, 2.24) is 0 Å². The molecule has 28 heavy (non-hydrogen) atoms. The molecule has 144 valence electrons. The summed E-state index contributed by atoms with van der Waals surface area (Å²) in [6.07, 6.45) is 1.15. The molecule has 3 rings (SSSR count). The predicted molar refractivity (Wildman–Crippen MR) is 115 cm³/mol. The van der Waals surface area contributed by atoms with Crippen molar-refractivity contribution in [3.05, 3.63) is 96.1 Å². The maximum Gasteiger partial charge on any atom is 0.234 e. The maximum absolute atomic E-state index is 12.5. The van der Waals surface area contributed by atoms with Crippen LogP contribution in [0.3, 0.4) is 0 Å². The van der Waals surface area contributed by atoms with Crippen molar-refractivity contribution in [2.45, 2.75) is 10.1 Å². The van der Waals surface area contributed by atoms with Gasteiger partial charge in [0.25, 0.3) is 0 Å². The number of amides is 1. The Morgan fingerprint density at radius 3 is 2.00 bits per heavy atom. The van der Waals surface area contributed by atoms with Gasteiger partial charge in [-0.15, -0.1) is 11.8 Å². The molecule has 0 saturated heterocycles. The Bertz CT molecular complexity index is 996. The van der Waals surface area contributed by atoms with Crippen molar-refractivity contribution < 1.29 is 13.2 Å². The van der Waals surface area contributed by atoms with Gasteiger partial charge in [-0.3, -0.25) is 4.79 Å². The highest BCUT2D eigenvalue weighted by Crippen LogP contribution is 2.35. The van der Waals surface area contributed by atoms with Crippen LogP contribution in [-0.2, 0) is 14.6 Å². The van der Waals surface area contributed by atoms with Crippen molar-refractivity contribution in [3.8, 4) is 0 Å². The van der Waals surface area contributed by atoms with E-state index in [0.717, 1.165) is 17.4 Å². The lowest BCUT2D eigenvalue weighted by Crippen LogP contribution is -2.15. The van der Waals surface area contributed by atoms with Gasteiger partial charge in [-0.1, -0.05) is 66.7 Å². The van der Waals surface area contributed by atoms with E-state index in [1.54, 1.807) is 12.1 Å². The average molecular weight is 412 g/mol. The van der Waals surface area contributed by atoms with Gasteiger partial charge in [0.1, 0.15) is 0 Å². The third-order valence-electron chi connectivity index (χ3n) is 4.13. The minimum atomic E-state index is -3.32. The second-order valence-electron chi connectivity index (χ2n) is 6.36. The molecule has 3 aromatic rings. The Balaban J connectivity index is 1.71. The van der Waals surface area contributed by atoms with Crippen LogP contribution in [-0.4, -0.2) is 26.3 Å². The summed E-state index contributed by atoms with van der Waals surface area (Å²) in [5.41, 5.74) is 2.74. The predicted octanol–water partition coefficient (Wildman–Crippen LogP) is 4.55. The molecule has 0 aromatic heterocycles. The average Bonchev–Trinajstić information content (AvgIpc) is 2.69. The molecule has 0 radical (unpaired) electrons. The summed E-state index contributed by atoms with van der Waals surface area (Å²) in [6.45, 7) is 0. The molecule has 0 aliphatic heterocycles. The van der Waals surface area contributed by atoms with Gasteiger partial charge in [-0.25, -0.2) is 8.42 Å². The molecular formula is C22H21NO3S2. The number of thioether (sulfide) groups is 1. The Kier molecular flexibility index (Phi) is 6.54. The van der Waals surface area contributed by atoms with Crippen LogP contribution in [0.2, 0.25) is 0 Å². The molecule has 0 heterocycles. The number of rotatable bonds is 7. The molecule has 0 atom stereocenters. The summed E-state index contributed by atoms with van der Waals surface area (Å²) in [6, 6.07) is 26.4. The lowest BCUT2D eigenvalue weighted by molar-refractivity contribution is -0.113. The van der Waals surface area contributed by atoms with Crippen LogP contribution in [0.15, 0.2) is 89.8 Å². The fourth-order valence-electron chi connectivity index (χ4n) is 2.80. The summed E-state index contributed by atoms with van der Waals surface area (Å²) in [5, 5.41) is 2.83. The van der Waals surface area contributed by atoms with Gasteiger partial charge in [0, 0.05) is 11.9 Å². The van der Waals surface area contributed by atoms with Crippen molar-refractivity contribution >= 4 is 33.2 Å². The summed E-state index contributed by atoms with van der Waals surface area (Å²) < 4.78 is 23.4. The zero-order chi connectivity index (χ0) is 20.0. The fraction of sp³-hybridized carbons (Fsp3) is 0.136. The van der Waals surface area contributed by atoms with Crippen LogP contribution in [0, 0.1) is 0 Å². The van der Waals surface area contributed by atoms with Gasteiger partial charge >= 0.3 is 0 Å². The van der Waals surface area contributed by atoms with E-state index in [9.17, 15) is 13.2 Å². The second-order valence-corrected chi connectivity index (χ2v) is 9.47. The molecule has 0 saturated carbocycles. The van der Waals surface area contributed by atoms with E-state index < -0.39 is 9.84 Å². The van der Waals surface area contributed by atoms with E-state index in [1.807, 2.05) is 36.4 Å². The number of nitrogens with one attached hydrogen (secondary N) is 1. The third kappa shape index (κ3) is 5.47. The smallest absolute Gasteiger partial charge is 0.234 e. The minimum absolute atomic E-state index is 0.0375. The SMILES string of the molecule is CS(=O)(=O)c1cccc(NC(=O)CSC(c2ccccc2)c2ccccc2)c1. The molecule has 0 unspecified atom stereocenters. The first-order chi connectivity index (χ1) is 13.4. The molecule has 0 spiro atoms. The summed E-state index contributed by atoms with van der Waals surface area (Å²) >= 11 is 1.53. The number of benzene rings is 3. The zero-order valence-electron chi connectivity index (χ0n) is 15.4. The zero-order valence-corrected chi connectivity index (χ0v) is 17.0. The van der Waals surface area contributed by atoms with E-state index in [2.05, 4.69) is 29.6 Å². The Morgan fingerprint density at radius 2 is 1.46 bits per heavy atom. The van der Waals surface area contributed by atoms with Gasteiger partial charge in [0.05, 0.1) is 15.9 Å². The molecule has 4 nitrogen and oxygen atoms in total. The number of hydrogen-bond acceptors (Lipinski definition) is 4. The van der Waals surface area contributed by atoms with E-state index in [1.165, 1.54) is 23.9 Å². The molecule has 3 aromatic carbocycles. The number of anilines is 1. The fourth-order valence-corrected chi connectivity index (χ4v) is 4.56. The highest BCUT2D eigenvalue weighted by atomic mass is 32.2. The molecule has 1 N–H and O–H groups in total. The first-order valence-electron chi connectivity index (χ1n) is 8.75. The monoisotopic (exact) mass is 411 g/mol. The molecule has 0 fully saturated rings. The maximum atomic E-state index is 12.5. The van der Waals surface area contributed by atoms with Gasteiger partial charge in [0.2, 0.25) is 5.91 Å². The molecule has 0 aliphatic carbocycles. The van der Waals surface area contributed by atoms with E-state index in [4.69, 9.17) is 0 Å². The first kappa shape index (κ1) is 20.2. The summed E-state index contributed by atoms with van der Waals surface area (Å²) in [4.78, 5) is 12.6. The highest BCUT2D eigenvalue weighted by Gasteiger charge is 2.16. The Labute approximate surface area is 169 Å². The van der Waals surface area contributed by atoms with Crippen LogP contribution in [0.1, 0.15) is 16.4 Å². The number of carbonyl (C=O) groups is 1. The van der Waals surface area contributed by atoms with Crippen LogP contribution in [0.4, 0.5) is 5.69 Å². The number of carbonyl (C=O) groups excluding carboxylic acids is 1. The van der Waals surface area contributed by atoms with E-state index >= 15 is 0 Å². The number of sulfone groups is 1. The van der Waals surface area contributed by atoms with E-state index in [0.29, 0.717) is 5.69 Å². The topological polar surface area (TPSA) is 63.2 Å². The van der Waals surface area contributed by atoms with Crippen LogP contribution in [0.25, 0.3) is 0 Å². The molecule has 0 aliphatic rings. The Hall–Kier alpha value is -2.57.